The van der Waals surface area contributed by atoms with Crippen LogP contribution in [0.5, 0.6) is 0 Å². The molecule has 0 radical (unpaired) electrons. The van der Waals surface area contributed by atoms with Crippen LogP contribution in [-0.2, 0) is 11.2 Å². The first-order valence-corrected chi connectivity index (χ1v) is 12.7. The van der Waals surface area contributed by atoms with Crippen LogP contribution in [0.3, 0.4) is 0 Å². The van der Waals surface area contributed by atoms with Gasteiger partial charge in [-0.15, -0.1) is 0 Å². The number of aromatic nitrogens is 6. The van der Waals surface area contributed by atoms with Crippen LogP contribution in [0.4, 0.5) is 13.2 Å². The Morgan fingerprint density at radius 1 is 1.14 bits per heavy atom. The van der Waals surface area contributed by atoms with Crippen molar-refractivity contribution >= 4 is 22.8 Å². The molecule has 4 aromatic rings. The van der Waals surface area contributed by atoms with Crippen molar-refractivity contribution in [3.05, 3.63) is 64.2 Å². The van der Waals surface area contributed by atoms with Gasteiger partial charge in [0.15, 0.2) is 5.65 Å². The van der Waals surface area contributed by atoms with E-state index in [2.05, 4.69) is 20.1 Å². The van der Waals surface area contributed by atoms with Crippen LogP contribution in [0.2, 0.25) is 5.02 Å². The summed E-state index contributed by atoms with van der Waals surface area (Å²) >= 11 is 5.98. The van der Waals surface area contributed by atoms with Crippen molar-refractivity contribution in [3.8, 4) is 11.3 Å². The molecule has 0 amide bonds. The van der Waals surface area contributed by atoms with Crippen LogP contribution in [-0.4, -0.2) is 42.7 Å². The molecule has 192 valence electrons. The number of hydrogen-bond donors (Lipinski definition) is 0. The fourth-order valence-corrected chi connectivity index (χ4v) is 4.95. The average molecular weight is 529 g/mol. The molecule has 0 N–H and O–H groups in total. The van der Waals surface area contributed by atoms with Gasteiger partial charge in [0.2, 0.25) is 6.43 Å². The van der Waals surface area contributed by atoms with E-state index in [0.29, 0.717) is 37.0 Å². The van der Waals surface area contributed by atoms with Gasteiger partial charge >= 0.3 is 0 Å². The maximum absolute atomic E-state index is 15.0. The Kier molecular flexibility index (Phi) is 6.32. The molecule has 11 heteroatoms. The molecule has 2 atom stereocenters. The first-order chi connectivity index (χ1) is 17.9. The van der Waals surface area contributed by atoms with Crippen LogP contribution in [0.1, 0.15) is 66.5 Å². The predicted molar refractivity (Wildman–Crippen MR) is 131 cm³/mol. The van der Waals surface area contributed by atoms with E-state index in [-0.39, 0.29) is 45.2 Å². The van der Waals surface area contributed by atoms with Gasteiger partial charge in [-0.3, -0.25) is 4.68 Å². The molecule has 37 heavy (non-hydrogen) atoms. The smallest absolute Gasteiger partial charge is 0.244 e. The van der Waals surface area contributed by atoms with Crippen molar-refractivity contribution in [1.82, 2.24) is 29.7 Å². The highest BCUT2D eigenvalue weighted by Crippen LogP contribution is 2.40. The lowest BCUT2D eigenvalue weighted by molar-refractivity contribution is 0.00396. The summed E-state index contributed by atoms with van der Waals surface area (Å²) in [5, 5.41) is 4.73. The Bertz CT molecular complexity index is 1470. The standard InChI is InChI=1S/C26H24ClF3N6O/c1-13-20(10-22(29)30)33-26-24(32-13)23(18-5-2-16(27)9-19(18)28)34-25(35-26)14-6-7-37-21(8-14)15-11-31-36(12-15)17-3-4-17/h2,5,9,11-12,14,17,21-22H,3-4,6-8,10H2,1H3/t14-,21-/m0/s1. The van der Waals surface area contributed by atoms with Gasteiger partial charge in [0.25, 0.3) is 0 Å². The summed E-state index contributed by atoms with van der Waals surface area (Å²) in [5.74, 6) is -0.212. The maximum Gasteiger partial charge on any atom is 0.244 e. The third-order valence-electron chi connectivity index (χ3n) is 6.92. The van der Waals surface area contributed by atoms with E-state index >= 15 is 4.39 Å². The van der Waals surface area contributed by atoms with Gasteiger partial charge in [0.05, 0.1) is 36.2 Å². The lowest BCUT2D eigenvalue weighted by Crippen LogP contribution is -2.20. The predicted octanol–water partition coefficient (Wildman–Crippen LogP) is 6.16. The van der Waals surface area contributed by atoms with Crippen LogP contribution in [0.25, 0.3) is 22.4 Å². The molecule has 4 heterocycles. The topological polar surface area (TPSA) is 78.6 Å². The fourth-order valence-electron chi connectivity index (χ4n) is 4.79. The van der Waals surface area contributed by atoms with Gasteiger partial charge in [-0.25, -0.2) is 33.1 Å². The second-order valence-corrected chi connectivity index (χ2v) is 10.1. The van der Waals surface area contributed by atoms with E-state index in [4.69, 9.17) is 21.3 Å². The summed E-state index contributed by atoms with van der Waals surface area (Å²) in [7, 11) is 0. The molecule has 1 aliphatic carbocycles. The molecular formula is C26H24ClF3N6O. The van der Waals surface area contributed by atoms with Gasteiger partial charge in [-0.05, 0) is 50.8 Å². The Hall–Kier alpha value is -3.11. The van der Waals surface area contributed by atoms with Gasteiger partial charge in [-0.1, -0.05) is 11.6 Å². The minimum Gasteiger partial charge on any atom is -0.373 e. The number of nitrogens with zero attached hydrogens (tertiary/aromatic N) is 6. The summed E-state index contributed by atoms with van der Waals surface area (Å²) in [6.45, 7) is 2.09. The quantitative estimate of drug-likeness (QED) is 0.298. The number of rotatable bonds is 6. The second kappa shape index (κ2) is 9.64. The van der Waals surface area contributed by atoms with Crippen LogP contribution in [0.15, 0.2) is 30.6 Å². The zero-order chi connectivity index (χ0) is 25.7. The lowest BCUT2D eigenvalue weighted by Gasteiger charge is -2.28. The highest BCUT2D eigenvalue weighted by Gasteiger charge is 2.31. The molecule has 2 fully saturated rings. The van der Waals surface area contributed by atoms with Crippen molar-refractivity contribution < 1.29 is 17.9 Å². The second-order valence-electron chi connectivity index (χ2n) is 9.64. The van der Waals surface area contributed by atoms with Crippen molar-refractivity contribution in [2.45, 2.75) is 63.5 Å². The normalized spacial score (nSPS) is 20.2. The molecule has 2 aliphatic rings. The number of ether oxygens (including phenoxy) is 1. The molecule has 0 bridgehead atoms. The van der Waals surface area contributed by atoms with E-state index in [1.165, 1.54) is 12.1 Å². The summed E-state index contributed by atoms with van der Waals surface area (Å²) in [5.41, 5.74) is 2.37. The molecule has 0 unspecified atom stereocenters. The molecule has 0 spiro atoms. The first kappa shape index (κ1) is 24.2. The number of benzene rings is 1. The third kappa shape index (κ3) is 4.92. The van der Waals surface area contributed by atoms with Gasteiger partial charge < -0.3 is 4.74 Å². The zero-order valence-electron chi connectivity index (χ0n) is 20.0. The molecule has 7 nitrogen and oxygen atoms in total. The van der Waals surface area contributed by atoms with Crippen molar-refractivity contribution in [2.75, 3.05) is 6.61 Å². The molecule has 3 aromatic heterocycles. The lowest BCUT2D eigenvalue weighted by atomic mass is 9.92. The summed E-state index contributed by atoms with van der Waals surface area (Å²) < 4.78 is 49.4. The minimum absolute atomic E-state index is 0.108. The van der Waals surface area contributed by atoms with E-state index in [0.717, 1.165) is 18.4 Å². The largest absolute Gasteiger partial charge is 0.373 e. The van der Waals surface area contributed by atoms with Crippen LogP contribution < -0.4 is 0 Å². The first-order valence-electron chi connectivity index (χ1n) is 12.3. The Morgan fingerprint density at radius 3 is 2.73 bits per heavy atom. The van der Waals surface area contributed by atoms with Crippen LogP contribution >= 0.6 is 11.6 Å². The van der Waals surface area contributed by atoms with Crippen molar-refractivity contribution in [3.63, 3.8) is 0 Å². The molecule has 1 saturated heterocycles. The van der Waals surface area contributed by atoms with E-state index in [1.807, 2.05) is 17.1 Å². The average Bonchev–Trinajstić information content (AvgIpc) is 3.60. The van der Waals surface area contributed by atoms with Crippen LogP contribution in [0, 0.1) is 12.7 Å². The van der Waals surface area contributed by atoms with E-state index in [1.54, 1.807) is 13.0 Å². The summed E-state index contributed by atoms with van der Waals surface area (Å²) in [4.78, 5) is 18.3. The Morgan fingerprint density at radius 2 is 1.97 bits per heavy atom. The maximum atomic E-state index is 15.0. The fraction of sp³-hybridized carbons (Fsp3) is 0.423. The number of aryl methyl sites for hydroxylation is 1. The molecule has 1 aromatic carbocycles. The molecule has 1 aliphatic heterocycles. The van der Waals surface area contributed by atoms with Gasteiger partial charge in [-0.2, -0.15) is 5.10 Å². The molecule has 1 saturated carbocycles. The number of halogens is 4. The number of fused-ring (bicyclic) bond motifs is 1. The van der Waals surface area contributed by atoms with E-state index in [9.17, 15) is 8.78 Å². The Labute approximate surface area is 216 Å². The highest BCUT2D eigenvalue weighted by atomic mass is 35.5. The summed E-state index contributed by atoms with van der Waals surface area (Å²) in [6.07, 6.45) is 4.11. The Balaban J connectivity index is 1.42. The SMILES string of the molecule is Cc1nc2c(-c3ccc(Cl)cc3F)nc([C@H]3CCO[C@H](c4cnn(C5CC5)c4)C3)nc2nc1CC(F)F. The summed E-state index contributed by atoms with van der Waals surface area (Å²) in [6, 6.07) is 4.78. The number of alkyl halides is 2. The molecule has 6 rings (SSSR count). The molecular weight excluding hydrogens is 505 g/mol. The van der Waals surface area contributed by atoms with Crippen molar-refractivity contribution in [2.24, 2.45) is 0 Å². The van der Waals surface area contributed by atoms with E-state index < -0.39 is 18.7 Å². The third-order valence-corrected chi connectivity index (χ3v) is 7.15. The number of hydrogen-bond acceptors (Lipinski definition) is 6. The minimum atomic E-state index is -2.58. The van der Waals surface area contributed by atoms with Crippen molar-refractivity contribution in [1.29, 1.82) is 0 Å². The van der Waals surface area contributed by atoms with Gasteiger partial charge in [0.1, 0.15) is 22.9 Å². The van der Waals surface area contributed by atoms with Gasteiger partial charge in [0, 0.05) is 34.9 Å². The monoisotopic (exact) mass is 528 g/mol. The highest BCUT2D eigenvalue weighted by molar-refractivity contribution is 6.30. The zero-order valence-corrected chi connectivity index (χ0v) is 20.8.